The van der Waals surface area contributed by atoms with Gasteiger partial charge in [0, 0.05) is 18.7 Å². The zero-order valence-corrected chi connectivity index (χ0v) is 15.6. The lowest BCUT2D eigenvalue weighted by Crippen LogP contribution is -2.34. The van der Waals surface area contributed by atoms with Crippen molar-refractivity contribution in [2.24, 2.45) is 0 Å². The summed E-state index contributed by atoms with van der Waals surface area (Å²) < 4.78 is 0. The van der Waals surface area contributed by atoms with Crippen LogP contribution in [0.15, 0.2) is 48.5 Å². The molecule has 0 unspecified atom stereocenters. The minimum atomic E-state index is -0.341. The van der Waals surface area contributed by atoms with Crippen LogP contribution in [0.5, 0.6) is 0 Å². The number of anilines is 1. The van der Waals surface area contributed by atoms with Crippen LogP contribution in [0.2, 0.25) is 0 Å². The summed E-state index contributed by atoms with van der Waals surface area (Å²) in [5.74, 6) is -0.852. The van der Waals surface area contributed by atoms with Gasteiger partial charge in [-0.15, -0.1) is 0 Å². The maximum Gasteiger partial charge on any atom is 0.266 e. The highest BCUT2D eigenvalue weighted by Crippen LogP contribution is 2.28. The van der Waals surface area contributed by atoms with Gasteiger partial charge in [0.25, 0.3) is 17.7 Å². The number of carbonyl (C=O) groups is 3. The predicted molar refractivity (Wildman–Crippen MR) is 104 cm³/mol. The van der Waals surface area contributed by atoms with Crippen molar-refractivity contribution in [1.82, 2.24) is 10.2 Å². The van der Waals surface area contributed by atoms with Crippen molar-refractivity contribution in [3.8, 4) is 0 Å². The third-order valence-corrected chi connectivity index (χ3v) is 4.79. The Morgan fingerprint density at radius 1 is 0.926 bits per heavy atom. The Kier molecular flexibility index (Phi) is 5.66. The summed E-state index contributed by atoms with van der Waals surface area (Å²) in [5, 5.41) is 2.89. The number of rotatable bonds is 7. The highest BCUT2D eigenvalue weighted by Gasteiger charge is 2.36. The molecule has 6 nitrogen and oxygen atoms in total. The van der Waals surface area contributed by atoms with E-state index in [1.807, 2.05) is 0 Å². The molecule has 0 saturated carbocycles. The summed E-state index contributed by atoms with van der Waals surface area (Å²) in [6.07, 6.45) is 0. The highest BCUT2D eigenvalue weighted by molar-refractivity contribution is 6.34. The molecule has 3 amide bonds. The lowest BCUT2D eigenvalue weighted by Gasteiger charge is -2.18. The van der Waals surface area contributed by atoms with E-state index in [0.29, 0.717) is 28.9 Å². The Morgan fingerprint density at radius 3 is 2.00 bits per heavy atom. The summed E-state index contributed by atoms with van der Waals surface area (Å²) in [6.45, 7) is 7.43. The lowest BCUT2D eigenvalue weighted by molar-refractivity contribution is 0.0922. The van der Waals surface area contributed by atoms with Crippen molar-refractivity contribution in [2.75, 3.05) is 31.1 Å². The van der Waals surface area contributed by atoms with Gasteiger partial charge >= 0.3 is 0 Å². The van der Waals surface area contributed by atoms with Gasteiger partial charge in [0.05, 0.1) is 16.8 Å². The monoisotopic (exact) mass is 365 g/mol. The molecular weight excluding hydrogens is 342 g/mol. The number of likely N-dealkylation sites (N-methyl/N-ethyl adjacent to an activating group) is 1. The Bertz CT molecular complexity index is 822. The largest absolute Gasteiger partial charge is 0.351 e. The van der Waals surface area contributed by atoms with E-state index in [4.69, 9.17) is 0 Å². The van der Waals surface area contributed by atoms with Gasteiger partial charge in [0.1, 0.15) is 0 Å². The van der Waals surface area contributed by atoms with E-state index in [1.54, 1.807) is 48.5 Å². The molecular formula is C21H23N3O3. The molecule has 0 fully saturated rings. The maximum atomic E-state index is 12.5. The van der Waals surface area contributed by atoms with Crippen LogP contribution < -0.4 is 10.2 Å². The van der Waals surface area contributed by atoms with Crippen LogP contribution in [0.4, 0.5) is 5.69 Å². The number of hydrogen-bond acceptors (Lipinski definition) is 4. The molecule has 6 heteroatoms. The Labute approximate surface area is 158 Å². The Morgan fingerprint density at radius 2 is 1.48 bits per heavy atom. The van der Waals surface area contributed by atoms with Crippen LogP contribution in [-0.4, -0.2) is 48.8 Å². The summed E-state index contributed by atoms with van der Waals surface area (Å²) in [4.78, 5) is 40.7. The first-order valence-corrected chi connectivity index (χ1v) is 9.15. The van der Waals surface area contributed by atoms with Crippen molar-refractivity contribution < 1.29 is 14.4 Å². The van der Waals surface area contributed by atoms with Gasteiger partial charge in [-0.05, 0) is 49.5 Å². The van der Waals surface area contributed by atoms with E-state index in [1.165, 1.54) is 0 Å². The Hall–Kier alpha value is -2.99. The SMILES string of the molecule is CCN(CC)CCNC(=O)c1ccc(N2C(=O)c3ccccc3C2=O)cc1. The summed E-state index contributed by atoms with van der Waals surface area (Å²) in [7, 11) is 0. The van der Waals surface area contributed by atoms with Crippen LogP contribution in [0.1, 0.15) is 44.9 Å². The van der Waals surface area contributed by atoms with Crippen molar-refractivity contribution >= 4 is 23.4 Å². The van der Waals surface area contributed by atoms with Crippen LogP contribution in [-0.2, 0) is 0 Å². The molecule has 0 bridgehead atoms. The quantitative estimate of drug-likeness (QED) is 0.766. The number of nitrogens with one attached hydrogen (secondary N) is 1. The average Bonchev–Trinajstić information content (AvgIpc) is 2.96. The van der Waals surface area contributed by atoms with Crippen molar-refractivity contribution in [2.45, 2.75) is 13.8 Å². The molecule has 27 heavy (non-hydrogen) atoms. The molecule has 0 saturated heterocycles. The second kappa shape index (κ2) is 8.14. The van der Waals surface area contributed by atoms with E-state index in [9.17, 15) is 14.4 Å². The van der Waals surface area contributed by atoms with Crippen LogP contribution >= 0.6 is 0 Å². The van der Waals surface area contributed by atoms with Crippen LogP contribution in [0.25, 0.3) is 0 Å². The molecule has 0 spiro atoms. The second-order valence-corrected chi connectivity index (χ2v) is 6.32. The molecule has 0 aromatic heterocycles. The second-order valence-electron chi connectivity index (χ2n) is 6.32. The molecule has 0 radical (unpaired) electrons. The number of hydrogen-bond donors (Lipinski definition) is 1. The molecule has 3 rings (SSSR count). The molecule has 2 aromatic rings. The molecule has 0 aliphatic carbocycles. The highest BCUT2D eigenvalue weighted by atomic mass is 16.2. The van der Waals surface area contributed by atoms with Gasteiger partial charge in [0.2, 0.25) is 0 Å². The van der Waals surface area contributed by atoms with Crippen LogP contribution in [0, 0.1) is 0 Å². The van der Waals surface area contributed by atoms with Gasteiger partial charge < -0.3 is 10.2 Å². The van der Waals surface area contributed by atoms with E-state index in [0.717, 1.165) is 24.5 Å². The topological polar surface area (TPSA) is 69.7 Å². The maximum absolute atomic E-state index is 12.5. The van der Waals surface area contributed by atoms with Gasteiger partial charge in [-0.1, -0.05) is 26.0 Å². The third-order valence-electron chi connectivity index (χ3n) is 4.79. The van der Waals surface area contributed by atoms with Crippen molar-refractivity contribution in [3.05, 3.63) is 65.2 Å². The summed E-state index contributed by atoms with van der Waals surface area (Å²) in [5.41, 5.74) is 1.76. The number of imide groups is 1. The lowest BCUT2D eigenvalue weighted by atomic mass is 10.1. The number of amides is 3. The predicted octanol–water partition coefficient (Wildman–Crippen LogP) is 2.56. The molecule has 1 N–H and O–H groups in total. The molecule has 1 heterocycles. The molecule has 140 valence electrons. The fourth-order valence-corrected chi connectivity index (χ4v) is 3.16. The number of benzene rings is 2. The number of carbonyl (C=O) groups excluding carboxylic acids is 3. The first-order chi connectivity index (χ1) is 13.1. The molecule has 1 aliphatic rings. The Balaban J connectivity index is 1.67. The minimum absolute atomic E-state index is 0.170. The van der Waals surface area contributed by atoms with E-state index >= 15 is 0 Å². The van der Waals surface area contributed by atoms with E-state index in [2.05, 4.69) is 24.1 Å². The first kappa shape index (κ1) is 18.8. The standard InChI is InChI=1S/C21H23N3O3/c1-3-23(4-2)14-13-22-19(25)15-9-11-16(12-10-15)24-20(26)17-7-5-6-8-18(17)21(24)27/h5-12H,3-4,13-14H2,1-2H3,(H,22,25). The zero-order chi connectivity index (χ0) is 19.4. The molecule has 0 atom stereocenters. The molecule has 2 aromatic carbocycles. The fraction of sp³-hybridized carbons (Fsp3) is 0.286. The van der Waals surface area contributed by atoms with Crippen molar-refractivity contribution in [1.29, 1.82) is 0 Å². The fourth-order valence-electron chi connectivity index (χ4n) is 3.16. The van der Waals surface area contributed by atoms with Gasteiger partial charge in [-0.25, -0.2) is 4.90 Å². The normalized spacial score (nSPS) is 13.2. The van der Waals surface area contributed by atoms with E-state index in [-0.39, 0.29) is 17.7 Å². The van der Waals surface area contributed by atoms with Crippen molar-refractivity contribution in [3.63, 3.8) is 0 Å². The number of fused-ring (bicyclic) bond motifs is 1. The van der Waals surface area contributed by atoms with E-state index < -0.39 is 0 Å². The summed E-state index contributed by atoms with van der Waals surface area (Å²) in [6, 6.07) is 13.3. The first-order valence-electron chi connectivity index (χ1n) is 9.15. The van der Waals surface area contributed by atoms with Gasteiger partial charge in [-0.2, -0.15) is 0 Å². The molecule has 1 aliphatic heterocycles. The van der Waals surface area contributed by atoms with Gasteiger partial charge in [0.15, 0.2) is 0 Å². The summed E-state index contributed by atoms with van der Waals surface area (Å²) >= 11 is 0. The average molecular weight is 365 g/mol. The zero-order valence-electron chi connectivity index (χ0n) is 15.6. The number of nitrogens with zero attached hydrogens (tertiary/aromatic N) is 2. The third kappa shape index (κ3) is 3.75. The van der Waals surface area contributed by atoms with Crippen LogP contribution in [0.3, 0.4) is 0 Å². The minimum Gasteiger partial charge on any atom is -0.351 e. The van der Waals surface area contributed by atoms with Gasteiger partial charge in [-0.3, -0.25) is 14.4 Å². The smallest absolute Gasteiger partial charge is 0.266 e.